The van der Waals surface area contributed by atoms with Gasteiger partial charge in [-0.1, -0.05) is 38.5 Å². The fourth-order valence-electron chi connectivity index (χ4n) is 4.04. The molecule has 2 fully saturated rings. The highest BCUT2D eigenvalue weighted by molar-refractivity contribution is 5.79. The van der Waals surface area contributed by atoms with Crippen molar-refractivity contribution in [2.45, 2.75) is 70.6 Å². The van der Waals surface area contributed by atoms with Gasteiger partial charge in [0, 0.05) is 0 Å². The first-order chi connectivity index (χ1) is 9.01. The summed E-state index contributed by atoms with van der Waals surface area (Å²) in [5.74, 6) is -1.56. The Morgan fingerprint density at radius 1 is 0.684 bits per heavy atom. The van der Waals surface area contributed by atoms with Crippen LogP contribution in [-0.4, -0.2) is 22.2 Å². The molecule has 4 heteroatoms. The van der Waals surface area contributed by atoms with Crippen LogP contribution in [0.25, 0.3) is 0 Å². The molecule has 0 aromatic carbocycles. The summed E-state index contributed by atoms with van der Waals surface area (Å²) < 4.78 is 0. The molecule has 0 bridgehead atoms. The van der Waals surface area contributed by atoms with Crippen LogP contribution < -0.4 is 0 Å². The first-order valence-corrected chi connectivity index (χ1v) is 7.48. The number of carboxylic acid groups (broad SMARTS) is 2. The van der Waals surface area contributed by atoms with E-state index in [1.165, 1.54) is 0 Å². The average Bonchev–Trinajstić information content (AvgIpc) is 2.40. The molecule has 4 nitrogen and oxygen atoms in total. The van der Waals surface area contributed by atoms with Crippen LogP contribution in [0.3, 0.4) is 0 Å². The fraction of sp³-hybridized carbons (Fsp3) is 0.867. The number of carbonyl (C=O) groups is 2. The smallest absolute Gasteiger partial charge is 0.309 e. The van der Waals surface area contributed by atoms with E-state index in [9.17, 15) is 19.8 Å². The Balaban J connectivity index is 2.22. The van der Waals surface area contributed by atoms with E-state index in [4.69, 9.17) is 0 Å². The van der Waals surface area contributed by atoms with Crippen molar-refractivity contribution in [1.29, 1.82) is 0 Å². The SMILES string of the molecule is O=C(O)C1(CC2(C(=O)O)CCCCC2)CCCCC1. The Morgan fingerprint density at radius 2 is 1.00 bits per heavy atom. The summed E-state index contributed by atoms with van der Waals surface area (Å²) in [4.78, 5) is 23.4. The molecule has 2 aliphatic carbocycles. The predicted octanol–water partition coefficient (Wildman–Crippen LogP) is 3.45. The molecule has 2 rings (SSSR count). The first-order valence-electron chi connectivity index (χ1n) is 7.48. The van der Waals surface area contributed by atoms with Gasteiger partial charge in [-0.15, -0.1) is 0 Å². The highest BCUT2D eigenvalue weighted by Crippen LogP contribution is 2.50. The van der Waals surface area contributed by atoms with Crippen LogP contribution >= 0.6 is 0 Å². The topological polar surface area (TPSA) is 74.6 Å². The van der Waals surface area contributed by atoms with E-state index in [1.807, 2.05) is 0 Å². The van der Waals surface area contributed by atoms with E-state index >= 15 is 0 Å². The summed E-state index contributed by atoms with van der Waals surface area (Å²) in [6, 6.07) is 0. The van der Waals surface area contributed by atoms with Crippen molar-refractivity contribution in [2.24, 2.45) is 10.8 Å². The lowest BCUT2D eigenvalue weighted by molar-refractivity contribution is -0.162. The molecule has 0 aromatic rings. The molecule has 0 aliphatic heterocycles. The molecule has 0 amide bonds. The highest BCUT2D eigenvalue weighted by atomic mass is 16.4. The van der Waals surface area contributed by atoms with E-state index in [0.717, 1.165) is 38.5 Å². The number of rotatable bonds is 4. The van der Waals surface area contributed by atoms with Crippen molar-refractivity contribution in [3.8, 4) is 0 Å². The molecule has 2 N–H and O–H groups in total. The highest BCUT2D eigenvalue weighted by Gasteiger charge is 2.50. The zero-order chi connectivity index (χ0) is 13.9. The third-order valence-electron chi connectivity index (χ3n) is 5.21. The molecule has 0 atom stereocenters. The monoisotopic (exact) mass is 268 g/mol. The zero-order valence-corrected chi connectivity index (χ0v) is 11.5. The van der Waals surface area contributed by atoms with Gasteiger partial charge in [0.25, 0.3) is 0 Å². The number of hydrogen-bond acceptors (Lipinski definition) is 2. The third-order valence-corrected chi connectivity index (χ3v) is 5.21. The fourth-order valence-corrected chi connectivity index (χ4v) is 4.04. The molecule has 0 spiro atoms. The lowest BCUT2D eigenvalue weighted by atomic mass is 9.60. The molecule has 0 saturated heterocycles. The lowest BCUT2D eigenvalue weighted by Gasteiger charge is -2.42. The molecule has 108 valence electrons. The maximum absolute atomic E-state index is 11.7. The number of aliphatic carboxylic acids is 2. The van der Waals surface area contributed by atoms with Gasteiger partial charge in [0.1, 0.15) is 0 Å². The maximum atomic E-state index is 11.7. The van der Waals surface area contributed by atoms with Crippen molar-refractivity contribution in [2.75, 3.05) is 0 Å². The summed E-state index contributed by atoms with van der Waals surface area (Å²) in [7, 11) is 0. The van der Waals surface area contributed by atoms with E-state index in [1.54, 1.807) is 0 Å². The maximum Gasteiger partial charge on any atom is 0.309 e. The Kier molecular flexibility index (Phi) is 4.16. The second kappa shape index (κ2) is 5.51. The average molecular weight is 268 g/mol. The van der Waals surface area contributed by atoms with Gasteiger partial charge >= 0.3 is 11.9 Å². The van der Waals surface area contributed by atoms with Crippen molar-refractivity contribution < 1.29 is 19.8 Å². The van der Waals surface area contributed by atoms with Crippen LogP contribution in [0.1, 0.15) is 70.6 Å². The molecule has 2 saturated carbocycles. The van der Waals surface area contributed by atoms with Crippen LogP contribution in [0, 0.1) is 10.8 Å². The van der Waals surface area contributed by atoms with Crippen LogP contribution in [0.5, 0.6) is 0 Å². The minimum Gasteiger partial charge on any atom is -0.481 e. The predicted molar refractivity (Wildman–Crippen MR) is 70.9 cm³/mol. The minimum atomic E-state index is -0.784. The van der Waals surface area contributed by atoms with Crippen molar-refractivity contribution in [3.63, 3.8) is 0 Å². The number of hydrogen-bond donors (Lipinski definition) is 2. The molecule has 2 aliphatic rings. The summed E-state index contributed by atoms with van der Waals surface area (Å²) in [6.07, 6.45) is 8.77. The molecular weight excluding hydrogens is 244 g/mol. The summed E-state index contributed by atoms with van der Waals surface area (Å²) in [6.45, 7) is 0. The van der Waals surface area contributed by atoms with E-state index in [-0.39, 0.29) is 0 Å². The van der Waals surface area contributed by atoms with Crippen LogP contribution in [0.2, 0.25) is 0 Å². The summed E-state index contributed by atoms with van der Waals surface area (Å²) >= 11 is 0. The Morgan fingerprint density at radius 3 is 1.26 bits per heavy atom. The molecule has 0 aromatic heterocycles. The van der Waals surface area contributed by atoms with Gasteiger partial charge in [0.05, 0.1) is 10.8 Å². The van der Waals surface area contributed by atoms with Gasteiger partial charge in [-0.25, -0.2) is 0 Å². The van der Waals surface area contributed by atoms with Crippen molar-refractivity contribution in [3.05, 3.63) is 0 Å². The molecular formula is C15H24O4. The van der Waals surface area contributed by atoms with Crippen LogP contribution in [0.4, 0.5) is 0 Å². The second-order valence-electron chi connectivity index (χ2n) is 6.47. The second-order valence-corrected chi connectivity index (χ2v) is 6.47. The normalized spacial score (nSPS) is 25.7. The standard InChI is InChI=1S/C15H24O4/c16-12(17)14(7-3-1-4-8-14)11-15(13(18)19)9-5-2-6-10-15/h1-11H2,(H,16,17)(H,18,19). The van der Waals surface area contributed by atoms with Crippen LogP contribution in [-0.2, 0) is 9.59 Å². The van der Waals surface area contributed by atoms with E-state index in [2.05, 4.69) is 0 Å². The third kappa shape index (κ3) is 2.77. The van der Waals surface area contributed by atoms with Gasteiger partial charge in [-0.2, -0.15) is 0 Å². The largest absolute Gasteiger partial charge is 0.481 e. The Hall–Kier alpha value is -1.06. The zero-order valence-electron chi connectivity index (χ0n) is 11.5. The van der Waals surface area contributed by atoms with Gasteiger partial charge < -0.3 is 10.2 Å². The Labute approximate surface area is 114 Å². The molecule has 0 unspecified atom stereocenters. The van der Waals surface area contributed by atoms with Crippen molar-refractivity contribution >= 4 is 11.9 Å². The first kappa shape index (κ1) is 14.4. The lowest BCUT2D eigenvalue weighted by Crippen LogP contribution is -2.44. The minimum absolute atomic E-state index is 0.338. The summed E-state index contributed by atoms with van der Waals surface area (Å²) in [5.41, 5.74) is -1.57. The number of carboxylic acids is 2. The molecule has 19 heavy (non-hydrogen) atoms. The van der Waals surface area contributed by atoms with E-state index < -0.39 is 22.8 Å². The van der Waals surface area contributed by atoms with Crippen molar-refractivity contribution in [1.82, 2.24) is 0 Å². The van der Waals surface area contributed by atoms with Gasteiger partial charge in [0.2, 0.25) is 0 Å². The van der Waals surface area contributed by atoms with Gasteiger partial charge in [-0.3, -0.25) is 9.59 Å². The van der Waals surface area contributed by atoms with Gasteiger partial charge in [0.15, 0.2) is 0 Å². The quantitative estimate of drug-likeness (QED) is 0.819. The summed E-state index contributed by atoms with van der Waals surface area (Å²) in [5, 5.41) is 19.2. The molecule has 0 radical (unpaired) electrons. The van der Waals surface area contributed by atoms with E-state index in [0.29, 0.717) is 32.1 Å². The Bertz CT molecular complexity index is 315. The molecule has 0 heterocycles. The van der Waals surface area contributed by atoms with Crippen LogP contribution in [0.15, 0.2) is 0 Å². The van der Waals surface area contributed by atoms with Gasteiger partial charge in [-0.05, 0) is 32.1 Å².